The fourth-order valence-electron chi connectivity index (χ4n) is 3.42. The number of aryl methyl sites for hydroxylation is 4. The summed E-state index contributed by atoms with van der Waals surface area (Å²) in [7, 11) is 0. The Labute approximate surface area is 132 Å². The van der Waals surface area contributed by atoms with Crippen LogP contribution in [0.15, 0.2) is 30.3 Å². The Morgan fingerprint density at radius 1 is 0.773 bits per heavy atom. The molecule has 0 aromatic heterocycles. The maximum Gasteiger partial charge on any atom is 0.126 e. The van der Waals surface area contributed by atoms with Crippen LogP contribution in [0.25, 0.3) is 21.5 Å². The van der Waals surface area contributed by atoms with Gasteiger partial charge < -0.3 is 5.11 Å². The molecule has 0 unspecified atom stereocenters. The molecule has 0 radical (unpaired) electrons. The third kappa shape index (κ3) is 2.35. The van der Waals surface area contributed by atoms with Crippen LogP contribution in [0.3, 0.4) is 0 Å². The molecule has 0 heterocycles. The van der Waals surface area contributed by atoms with Crippen LogP contribution in [0.1, 0.15) is 42.5 Å². The van der Waals surface area contributed by atoms with Crippen LogP contribution >= 0.6 is 0 Å². The smallest absolute Gasteiger partial charge is 0.126 e. The molecule has 1 nitrogen and oxygen atoms in total. The standard InChI is InChI=1S/C21H24O/c1-5-7-16-10-18-12-20-19(11-17(18)8-13(16)3)14(4)9-15(6-2)21(20)22/h8-12,22H,5-7H2,1-4H3. The zero-order chi connectivity index (χ0) is 15.9. The summed E-state index contributed by atoms with van der Waals surface area (Å²) in [5.41, 5.74) is 5.05. The van der Waals surface area contributed by atoms with Crippen molar-refractivity contribution in [2.75, 3.05) is 0 Å². The van der Waals surface area contributed by atoms with Crippen molar-refractivity contribution < 1.29 is 5.11 Å². The van der Waals surface area contributed by atoms with Crippen LogP contribution in [0.5, 0.6) is 5.75 Å². The summed E-state index contributed by atoms with van der Waals surface area (Å²) in [5.74, 6) is 0.447. The minimum absolute atomic E-state index is 0.447. The van der Waals surface area contributed by atoms with Gasteiger partial charge in [-0.15, -0.1) is 0 Å². The minimum Gasteiger partial charge on any atom is -0.507 e. The Bertz CT molecular complexity index is 859. The number of hydrogen-bond donors (Lipinski definition) is 1. The van der Waals surface area contributed by atoms with Crippen molar-refractivity contribution in [1.29, 1.82) is 0 Å². The molecule has 1 N–H and O–H groups in total. The van der Waals surface area contributed by atoms with Crippen molar-refractivity contribution in [2.45, 2.75) is 47.0 Å². The first-order valence-corrected chi connectivity index (χ1v) is 8.23. The molecule has 0 aliphatic rings. The number of phenolic OH excluding ortho intramolecular Hbond substituents is 1. The van der Waals surface area contributed by atoms with E-state index in [4.69, 9.17) is 0 Å². The first-order valence-electron chi connectivity index (χ1n) is 8.23. The van der Waals surface area contributed by atoms with Crippen molar-refractivity contribution in [3.8, 4) is 5.75 Å². The van der Waals surface area contributed by atoms with Gasteiger partial charge in [0, 0.05) is 5.39 Å². The highest BCUT2D eigenvalue weighted by atomic mass is 16.3. The highest BCUT2D eigenvalue weighted by Crippen LogP contribution is 2.35. The molecule has 3 aromatic carbocycles. The van der Waals surface area contributed by atoms with Gasteiger partial charge in [-0.25, -0.2) is 0 Å². The third-order valence-corrected chi connectivity index (χ3v) is 4.71. The molecule has 1 heteroatoms. The van der Waals surface area contributed by atoms with E-state index in [-0.39, 0.29) is 0 Å². The Morgan fingerprint density at radius 2 is 1.45 bits per heavy atom. The second-order valence-electron chi connectivity index (χ2n) is 6.33. The maximum atomic E-state index is 10.6. The van der Waals surface area contributed by atoms with Crippen molar-refractivity contribution in [1.82, 2.24) is 0 Å². The summed E-state index contributed by atoms with van der Waals surface area (Å²) in [6.07, 6.45) is 3.12. The monoisotopic (exact) mass is 292 g/mol. The molecule has 3 aromatic rings. The predicted octanol–water partition coefficient (Wildman–Crippen LogP) is 5.83. The van der Waals surface area contributed by atoms with E-state index in [1.807, 2.05) is 0 Å². The Balaban J connectivity index is 2.36. The lowest BCUT2D eigenvalue weighted by Gasteiger charge is -2.13. The average molecular weight is 292 g/mol. The van der Waals surface area contributed by atoms with E-state index in [1.54, 1.807) is 0 Å². The lowest BCUT2D eigenvalue weighted by atomic mass is 9.93. The molecule has 0 saturated heterocycles. The maximum absolute atomic E-state index is 10.6. The molecule has 0 bridgehead atoms. The largest absolute Gasteiger partial charge is 0.507 e. The Hall–Kier alpha value is -2.02. The fraction of sp³-hybridized carbons (Fsp3) is 0.333. The lowest BCUT2D eigenvalue weighted by molar-refractivity contribution is 0.475. The second-order valence-corrected chi connectivity index (χ2v) is 6.33. The molecule has 0 aliphatic heterocycles. The molecule has 22 heavy (non-hydrogen) atoms. The first kappa shape index (κ1) is 14.9. The highest BCUT2D eigenvalue weighted by Gasteiger charge is 2.10. The molecule has 0 spiro atoms. The van der Waals surface area contributed by atoms with Gasteiger partial charge in [-0.2, -0.15) is 0 Å². The van der Waals surface area contributed by atoms with Gasteiger partial charge in [0.15, 0.2) is 0 Å². The first-order chi connectivity index (χ1) is 10.5. The van der Waals surface area contributed by atoms with Gasteiger partial charge in [0.1, 0.15) is 5.75 Å². The summed E-state index contributed by atoms with van der Waals surface area (Å²) < 4.78 is 0. The van der Waals surface area contributed by atoms with Crippen LogP contribution in [-0.2, 0) is 12.8 Å². The van der Waals surface area contributed by atoms with E-state index in [1.165, 1.54) is 27.5 Å². The topological polar surface area (TPSA) is 20.2 Å². The molecular formula is C21H24O. The fourth-order valence-corrected chi connectivity index (χ4v) is 3.42. The van der Waals surface area contributed by atoms with Crippen LogP contribution in [0, 0.1) is 13.8 Å². The van der Waals surface area contributed by atoms with Gasteiger partial charge >= 0.3 is 0 Å². The normalized spacial score (nSPS) is 11.5. The number of benzene rings is 3. The molecule has 0 saturated carbocycles. The van der Waals surface area contributed by atoms with E-state index in [2.05, 4.69) is 58.0 Å². The molecule has 0 atom stereocenters. The summed E-state index contributed by atoms with van der Waals surface area (Å²) in [4.78, 5) is 0. The number of rotatable bonds is 3. The molecule has 3 rings (SSSR count). The van der Waals surface area contributed by atoms with Gasteiger partial charge in [-0.1, -0.05) is 38.5 Å². The van der Waals surface area contributed by atoms with E-state index < -0.39 is 0 Å². The van der Waals surface area contributed by atoms with Gasteiger partial charge in [0.2, 0.25) is 0 Å². The SMILES string of the molecule is CCCc1cc2cc3c(O)c(CC)cc(C)c3cc2cc1C. The second kappa shape index (κ2) is 5.64. The zero-order valence-electron chi connectivity index (χ0n) is 14.0. The Kier molecular flexibility index (Phi) is 3.82. The highest BCUT2D eigenvalue weighted by molar-refractivity contribution is 6.03. The molecule has 114 valence electrons. The van der Waals surface area contributed by atoms with Crippen molar-refractivity contribution in [3.63, 3.8) is 0 Å². The van der Waals surface area contributed by atoms with E-state index >= 15 is 0 Å². The van der Waals surface area contributed by atoms with Crippen molar-refractivity contribution in [2.24, 2.45) is 0 Å². The van der Waals surface area contributed by atoms with Crippen molar-refractivity contribution in [3.05, 3.63) is 52.6 Å². The molecule has 0 amide bonds. The number of hydrogen-bond acceptors (Lipinski definition) is 1. The summed E-state index contributed by atoms with van der Waals surface area (Å²) in [6.45, 7) is 8.63. The quantitative estimate of drug-likeness (QED) is 0.602. The summed E-state index contributed by atoms with van der Waals surface area (Å²) in [6, 6.07) is 11.1. The van der Waals surface area contributed by atoms with Crippen LogP contribution in [0.4, 0.5) is 0 Å². The van der Waals surface area contributed by atoms with Gasteiger partial charge in [-0.05, 0) is 77.2 Å². The van der Waals surface area contributed by atoms with Crippen molar-refractivity contribution >= 4 is 21.5 Å². The van der Waals surface area contributed by atoms with E-state index in [0.29, 0.717) is 5.75 Å². The van der Waals surface area contributed by atoms with E-state index in [9.17, 15) is 5.11 Å². The summed E-state index contributed by atoms with van der Waals surface area (Å²) >= 11 is 0. The van der Waals surface area contributed by atoms with E-state index in [0.717, 1.165) is 35.6 Å². The van der Waals surface area contributed by atoms with Gasteiger partial charge in [0.05, 0.1) is 0 Å². The minimum atomic E-state index is 0.447. The predicted molar refractivity (Wildman–Crippen MR) is 96.0 cm³/mol. The molecule has 0 aliphatic carbocycles. The number of fused-ring (bicyclic) bond motifs is 2. The lowest BCUT2D eigenvalue weighted by Crippen LogP contribution is -1.91. The van der Waals surface area contributed by atoms with Gasteiger partial charge in [-0.3, -0.25) is 0 Å². The molecule has 0 fully saturated rings. The number of phenols is 1. The average Bonchev–Trinajstić information content (AvgIpc) is 2.50. The van der Waals surface area contributed by atoms with Gasteiger partial charge in [0.25, 0.3) is 0 Å². The van der Waals surface area contributed by atoms with Crippen LogP contribution in [0.2, 0.25) is 0 Å². The third-order valence-electron chi connectivity index (χ3n) is 4.71. The zero-order valence-corrected chi connectivity index (χ0v) is 14.0. The molecular weight excluding hydrogens is 268 g/mol. The van der Waals surface area contributed by atoms with Crippen LogP contribution in [-0.4, -0.2) is 5.11 Å². The van der Waals surface area contributed by atoms with Crippen LogP contribution < -0.4 is 0 Å². The Morgan fingerprint density at radius 3 is 2.14 bits per heavy atom. The number of aromatic hydroxyl groups is 1. The summed E-state index contributed by atoms with van der Waals surface area (Å²) in [5, 5.41) is 15.2.